The SMILES string of the molecule is CC[C@H](NC(=O)c1cnc(C(C)(C)C)nc1)c1ccc(F)cc1. The first-order chi connectivity index (χ1) is 10.8. The van der Waals surface area contributed by atoms with Crippen LogP contribution in [-0.2, 0) is 5.41 Å². The second-order valence-electron chi connectivity index (χ2n) is 6.53. The van der Waals surface area contributed by atoms with Crippen molar-refractivity contribution < 1.29 is 9.18 Å². The van der Waals surface area contributed by atoms with Gasteiger partial charge in [0.15, 0.2) is 0 Å². The third-order valence-corrected chi connectivity index (χ3v) is 3.57. The van der Waals surface area contributed by atoms with Gasteiger partial charge in [-0.25, -0.2) is 14.4 Å². The Labute approximate surface area is 136 Å². The van der Waals surface area contributed by atoms with Gasteiger partial charge in [-0.05, 0) is 24.1 Å². The Kier molecular flexibility index (Phi) is 5.08. The molecule has 1 heterocycles. The highest BCUT2D eigenvalue weighted by Gasteiger charge is 2.19. The summed E-state index contributed by atoms with van der Waals surface area (Å²) in [6.07, 6.45) is 3.79. The normalized spacial score (nSPS) is 12.7. The summed E-state index contributed by atoms with van der Waals surface area (Å²) in [4.78, 5) is 20.9. The molecule has 0 spiro atoms. The Morgan fingerprint density at radius 3 is 2.22 bits per heavy atom. The van der Waals surface area contributed by atoms with Crippen LogP contribution in [0.5, 0.6) is 0 Å². The first kappa shape index (κ1) is 17.1. The molecule has 0 saturated heterocycles. The molecule has 23 heavy (non-hydrogen) atoms. The van der Waals surface area contributed by atoms with E-state index in [2.05, 4.69) is 15.3 Å². The minimum absolute atomic E-state index is 0.158. The molecule has 0 fully saturated rings. The summed E-state index contributed by atoms with van der Waals surface area (Å²) in [7, 11) is 0. The topological polar surface area (TPSA) is 54.9 Å². The molecule has 1 amide bonds. The van der Waals surface area contributed by atoms with E-state index in [4.69, 9.17) is 0 Å². The van der Waals surface area contributed by atoms with Crippen molar-refractivity contribution in [2.24, 2.45) is 0 Å². The largest absolute Gasteiger partial charge is 0.345 e. The summed E-state index contributed by atoms with van der Waals surface area (Å²) in [6, 6.07) is 5.98. The number of carbonyl (C=O) groups excluding carboxylic acids is 1. The lowest BCUT2D eigenvalue weighted by atomic mass is 9.96. The summed E-state index contributed by atoms with van der Waals surface area (Å²) in [5.41, 5.74) is 1.13. The highest BCUT2D eigenvalue weighted by molar-refractivity contribution is 5.93. The average Bonchev–Trinajstić information content (AvgIpc) is 2.52. The molecule has 0 radical (unpaired) electrons. The van der Waals surface area contributed by atoms with Gasteiger partial charge in [-0.3, -0.25) is 4.79 Å². The van der Waals surface area contributed by atoms with Gasteiger partial charge >= 0.3 is 0 Å². The van der Waals surface area contributed by atoms with Gasteiger partial charge in [0.05, 0.1) is 11.6 Å². The number of carbonyl (C=O) groups is 1. The minimum atomic E-state index is -0.291. The molecule has 122 valence electrons. The van der Waals surface area contributed by atoms with E-state index in [1.165, 1.54) is 12.1 Å². The molecule has 1 aromatic heterocycles. The third-order valence-electron chi connectivity index (χ3n) is 3.57. The molecular formula is C18H22FN3O. The fourth-order valence-corrected chi connectivity index (χ4v) is 2.19. The first-order valence-electron chi connectivity index (χ1n) is 7.70. The Morgan fingerprint density at radius 2 is 1.74 bits per heavy atom. The van der Waals surface area contributed by atoms with E-state index in [9.17, 15) is 9.18 Å². The Balaban J connectivity index is 2.12. The zero-order valence-corrected chi connectivity index (χ0v) is 13.9. The van der Waals surface area contributed by atoms with Crippen molar-refractivity contribution in [3.8, 4) is 0 Å². The number of hydrogen-bond acceptors (Lipinski definition) is 3. The van der Waals surface area contributed by atoms with E-state index in [0.29, 0.717) is 17.8 Å². The van der Waals surface area contributed by atoms with Crippen molar-refractivity contribution in [2.75, 3.05) is 0 Å². The molecule has 2 aromatic rings. The second-order valence-corrected chi connectivity index (χ2v) is 6.53. The predicted octanol–water partition coefficient (Wildman–Crippen LogP) is 3.79. The van der Waals surface area contributed by atoms with Gasteiger partial charge in [-0.1, -0.05) is 39.8 Å². The lowest BCUT2D eigenvalue weighted by Crippen LogP contribution is -2.28. The molecular weight excluding hydrogens is 293 g/mol. The van der Waals surface area contributed by atoms with Crippen molar-refractivity contribution in [1.82, 2.24) is 15.3 Å². The molecule has 1 N–H and O–H groups in total. The number of halogens is 1. The quantitative estimate of drug-likeness (QED) is 0.934. The molecule has 1 atom stereocenters. The smallest absolute Gasteiger partial charge is 0.254 e. The number of nitrogens with one attached hydrogen (secondary N) is 1. The number of benzene rings is 1. The average molecular weight is 315 g/mol. The van der Waals surface area contributed by atoms with E-state index in [0.717, 1.165) is 5.56 Å². The van der Waals surface area contributed by atoms with Crippen molar-refractivity contribution in [2.45, 2.75) is 45.6 Å². The van der Waals surface area contributed by atoms with Gasteiger partial charge in [-0.2, -0.15) is 0 Å². The monoisotopic (exact) mass is 315 g/mol. The number of aromatic nitrogens is 2. The van der Waals surface area contributed by atoms with Gasteiger partial charge in [0, 0.05) is 17.8 Å². The number of hydrogen-bond donors (Lipinski definition) is 1. The van der Waals surface area contributed by atoms with E-state index in [1.807, 2.05) is 27.7 Å². The molecule has 4 nitrogen and oxygen atoms in total. The van der Waals surface area contributed by atoms with Crippen LogP contribution in [0.1, 0.15) is 61.9 Å². The molecule has 0 aliphatic heterocycles. The van der Waals surface area contributed by atoms with E-state index in [-0.39, 0.29) is 23.2 Å². The fraction of sp³-hybridized carbons (Fsp3) is 0.389. The second kappa shape index (κ2) is 6.86. The van der Waals surface area contributed by atoms with Gasteiger partial charge in [-0.15, -0.1) is 0 Å². The highest BCUT2D eigenvalue weighted by Crippen LogP contribution is 2.19. The zero-order chi connectivity index (χ0) is 17.0. The van der Waals surface area contributed by atoms with Crippen LogP contribution >= 0.6 is 0 Å². The van der Waals surface area contributed by atoms with Crippen LogP contribution < -0.4 is 5.32 Å². The van der Waals surface area contributed by atoms with Gasteiger partial charge in [0.2, 0.25) is 0 Å². The Hall–Kier alpha value is -2.30. The molecule has 1 aromatic carbocycles. The predicted molar refractivity (Wildman–Crippen MR) is 87.6 cm³/mol. The van der Waals surface area contributed by atoms with Gasteiger partial charge < -0.3 is 5.32 Å². The molecule has 0 bridgehead atoms. The van der Waals surface area contributed by atoms with Crippen molar-refractivity contribution in [1.29, 1.82) is 0 Å². The van der Waals surface area contributed by atoms with Crippen molar-refractivity contribution in [3.05, 3.63) is 59.4 Å². The van der Waals surface area contributed by atoms with Gasteiger partial charge in [0.1, 0.15) is 11.6 Å². The lowest BCUT2D eigenvalue weighted by molar-refractivity contribution is 0.0934. The number of rotatable bonds is 4. The van der Waals surface area contributed by atoms with Crippen LogP contribution in [0.15, 0.2) is 36.7 Å². The van der Waals surface area contributed by atoms with Gasteiger partial charge in [0.25, 0.3) is 5.91 Å². The van der Waals surface area contributed by atoms with Crippen LogP contribution in [0.4, 0.5) is 4.39 Å². The maximum absolute atomic E-state index is 13.0. The Morgan fingerprint density at radius 1 is 1.17 bits per heavy atom. The van der Waals surface area contributed by atoms with E-state index >= 15 is 0 Å². The summed E-state index contributed by atoms with van der Waals surface area (Å²) in [5.74, 6) is 0.169. The fourth-order valence-electron chi connectivity index (χ4n) is 2.19. The Bertz CT molecular complexity index is 660. The standard InChI is InChI=1S/C18H22FN3O/c1-5-15(12-6-8-14(19)9-7-12)22-16(23)13-10-20-17(21-11-13)18(2,3)4/h6-11,15H,5H2,1-4H3,(H,22,23)/t15-/m0/s1. The maximum Gasteiger partial charge on any atom is 0.254 e. The van der Waals surface area contributed by atoms with Crippen molar-refractivity contribution in [3.63, 3.8) is 0 Å². The van der Waals surface area contributed by atoms with E-state index < -0.39 is 0 Å². The molecule has 0 aliphatic carbocycles. The van der Waals surface area contributed by atoms with Crippen LogP contribution in [0.25, 0.3) is 0 Å². The molecule has 2 rings (SSSR count). The molecule has 0 aliphatic rings. The summed E-state index contributed by atoms with van der Waals surface area (Å²) < 4.78 is 13.0. The van der Waals surface area contributed by atoms with E-state index in [1.54, 1.807) is 24.5 Å². The molecule has 0 unspecified atom stereocenters. The highest BCUT2D eigenvalue weighted by atomic mass is 19.1. The number of amides is 1. The van der Waals surface area contributed by atoms with Crippen LogP contribution in [0.2, 0.25) is 0 Å². The van der Waals surface area contributed by atoms with Crippen LogP contribution in [-0.4, -0.2) is 15.9 Å². The molecule has 5 heteroatoms. The molecule has 0 saturated carbocycles. The summed E-state index contributed by atoms with van der Waals surface area (Å²) in [5, 5.41) is 2.94. The maximum atomic E-state index is 13.0. The minimum Gasteiger partial charge on any atom is -0.345 e. The first-order valence-corrected chi connectivity index (χ1v) is 7.70. The lowest BCUT2D eigenvalue weighted by Gasteiger charge is -2.18. The van der Waals surface area contributed by atoms with Crippen LogP contribution in [0.3, 0.4) is 0 Å². The van der Waals surface area contributed by atoms with Crippen LogP contribution in [0, 0.1) is 5.82 Å². The van der Waals surface area contributed by atoms with Crippen molar-refractivity contribution >= 4 is 5.91 Å². The summed E-state index contributed by atoms with van der Waals surface area (Å²) in [6.45, 7) is 8.02. The summed E-state index contributed by atoms with van der Waals surface area (Å²) >= 11 is 0. The third kappa shape index (κ3) is 4.34. The zero-order valence-electron chi connectivity index (χ0n) is 13.9. The number of nitrogens with zero attached hydrogens (tertiary/aromatic N) is 2.